The third-order valence-corrected chi connectivity index (χ3v) is 5.25. The van der Waals surface area contributed by atoms with Crippen LogP contribution in [0.3, 0.4) is 0 Å². The number of carbonyl (C=O) groups excluding carboxylic acids is 1. The number of hydrogen-bond acceptors (Lipinski definition) is 3. The summed E-state index contributed by atoms with van der Waals surface area (Å²) in [6, 6.07) is 7.92. The van der Waals surface area contributed by atoms with Gasteiger partial charge in [-0.2, -0.15) is 0 Å². The molecule has 3 N–H and O–H groups in total. The van der Waals surface area contributed by atoms with Gasteiger partial charge in [-0.3, -0.25) is 9.79 Å². The second-order valence-corrected chi connectivity index (χ2v) is 7.37. The minimum absolute atomic E-state index is 0.0574. The minimum Gasteiger partial charge on any atom is -0.385 e. The topological polar surface area (TPSA) is 74.8 Å². The first-order valence-electron chi connectivity index (χ1n) is 9.93. The molecule has 0 unspecified atom stereocenters. The van der Waals surface area contributed by atoms with E-state index in [2.05, 4.69) is 20.9 Å². The summed E-state index contributed by atoms with van der Waals surface area (Å²) in [6.45, 7) is 4.39. The molecule has 0 bridgehead atoms. The fourth-order valence-corrected chi connectivity index (χ4v) is 3.40. The molecule has 0 aromatic heterocycles. The number of nitrogens with one attached hydrogen (secondary N) is 3. The van der Waals surface area contributed by atoms with E-state index in [0.717, 1.165) is 43.2 Å². The largest absolute Gasteiger partial charge is 0.385 e. The maximum Gasteiger partial charge on any atom is 0.224 e. The number of guanidine groups is 1. The summed E-state index contributed by atoms with van der Waals surface area (Å²) in [6.07, 6.45) is 6.28. The third-order valence-electron chi connectivity index (χ3n) is 5.25. The fraction of sp³-hybridized carbons (Fsp3) is 0.619. The normalized spacial score (nSPS) is 15.7. The summed E-state index contributed by atoms with van der Waals surface area (Å²) >= 11 is 0. The van der Waals surface area contributed by atoms with Gasteiger partial charge in [-0.25, -0.2) is 0 Å². The summed E-state index contributed by atoms with van der Waals surface area (Å²) in [5.41, 5.74) is 2.28. The van der Waals surface area contributed by atoms with Gasteiger partial charge in [0.05, 0.1) is 0 Å². The summed E-state index contributed by atoms with van der Waals surface area (Å²) in [5.74, 6) is 0.862. The van der Waals surface area contributed by atoms with Crippen molar-refractivity contribution in [2.45, 2.75) is 52.0 Å². The van der Waals surface area contributed by atoms with Gasteiger partial charge in [0.15, 0.2) is 5.96 Å². The smallest absolute Gasteiger partial charge is 0.224 e. The molecule has 1 aromatic rings. The lowest BCUT2D eigenvalue weighted by atomic mass is 9.67. The lowest BCUT2D eigenvalue weighted by Gasteiger charge is -2.42. The molecule has 6 nitrogen and oxygen atoms in total. The summed E-state index contributed by atoms with van der Waals surface area (Å²) in [7, 11) is 3.55. The lowest BCUT2D eigenvalue weighted by Crippen LogP contribution is -2.46. The molecule has 0 atom stereocenters. The van der Waals surface area contributed by atoms with Crippen molar-refractivity contribution in [3.8, 4) is 0 Å². The predicted octanol–water partition coefficient (Wildman–Crippen LogP) is 3.30. The standard InChI is InChI=1S/C21H34N4O2/c1-4-7-19(26)25-18-9-5-8-17(14-18)15-23-20(22-2)24-16-21(10-6-11-21)12-13-27-3/h5,8-9,14H,4,6-7,10-13,15-16H2,1-3H3,(H,25,26)(H2,22,23,24). The van der Waals surface area contributed by atoms with Crippen LogP contribution in [-0.4, -0.2) is 39.2 Å². The van der Waals surface area contributed by atoms with E-state index < -0.39 is 0 Å². The van der Waals surface area contributed by atoms with Gasteiger partial charge in [0.1, 0.15) is 0 Å². The Balaban J connectivity index is 1.82. The number of amides is 1. The molecule has 0 radical (unpaired) electrons. The molecule has 6 heteroatoms. The van der Waals surface area contributed by atoms with Crippen molar-refractivity contribution in [1.82, 2.24) is 10.6 Å². The van der Waals surface area contributed by atoms with Crippen molar-refractivity contribution in [2.24, 2.45) is 10.4 Å². The average molecular weight is 375 g/mol. The molecule has 1 amide bonds. The summed E-state index contributed by atoms with van der Waals surface area (Å²) in [4.78, 5) is 16.1. The van der Waals surface area contributed by atoms with E-state index in [0.29, 0.717) is 18.4 Å². The molecule has 150 valence electrons. The molecule has 0 saturated heterocycles. The number of carbonyl (C=O) groups is 1. The highest BCUT2D eigenvalue weighted by Crippen LogP contribution is 2.43. The van der Waals surface area contributed by atoms with Crippen LogP contribution in [0.2, 0.25) is 0 Å². The van der Waals surface area contributed by atoms with E-state index in [-0.39, 0.29) is 5.91 Å². The number of methoxy groups -OCH3 is 1. The molecular weight excluding hydrogens is 340 g/mol. The van der Waals surface area contributed by atoms with E-state index in [1.807, 2.05) is 31.2 Å². The molecule has 0 spiro atoms. The lowest BCUT2D eigenvalue weighted by molar-refractivity contribution is -0.116. The summed E-state index contributed by atoms with van der Waals surface area (Å²) in [5, 5.41) is 9.77. The van der Waals surface area contributed by atoms with Crippen LogP contribution in [0.5, 0.6) is 0 Å². The molecule has 1 aromatic carbocycles. The zero-order valence-corrected chi connectivity index (χ0v) is 16.9. The Labute approximate surface area is 163 Å². The first-order chi connectivity index (χ1) is 13.1. The predicted molar refractivity (Wildman–Crippen MR) is 111 cm³/mol. The number of anilines is 1. The van der Waals surface area contributed by atoms with Crippen LogP contribution in [0.1, 0.15) is 51.0 Å². The first kappa shape index (κ1) is 21.2. The van der Waals surface area contributed by atoms with E-state index in [9.17, 15) is 4.79 Å². The molecular formula is C21H34N4O2. The van der Waals surface area contributed by atoms with Crippen molar-refractivity contribution in [1.29, 1.82) is 0 Å². The van der Waals surface area contributed by atoms with Crippen LogP contribution in [0.15, 0.2) is 29.3 Å². The Morgan fingerprint density at radius 3 is 2.74 bits per heavy atom. The highest BCUT2D eigenvalue weighted by atomic mass is 16.5. The number of rotatable bonds is 10. The van der Waals surface area contributed by atoms with Crippen LogP contribution in [0.4, 0.5) is 5.69 Å². The average Bonchev–Trinajstić information content (AvgIpc) is 2.63. The van der Waals surface area contributed by atoms with Gasteiger partial charge in [-0.05, 0) is 48.8 Å². The van der Waals surface area contributed by atoms with E-state index in [1.165, 1.54) is 19.3 Å². The van der Waals surface area contributed by atoms with Gasteiger partial charge in [-0.1, -0.05) is 25.5 Å². The van der Waals surface area contributed by atoms with Crippen molar-refractivity contribution < 1.29 is 9.53 Å². The summed E-state index contributed by atoms with van der Waals surface area (Å²) < 4.78 is 5.26. The second-order valence-electron chi connectivity index (χ2n) is 7.37. The minimum atomic E-state index is 0.0574. The van der Waals surface area contributed by atoms with Crippen LogP contribution in [0.25, 0.3) is 0 Å². The molecule has 1 saturated carbocycles. The Kier molecular flexibility index (Phi) is 8.58. The van der Waals surface area contributed by atoms with E-state index >= 15 is 0 Å². The quantitative estimate of drug-likeness (QED) is 0.434. The second kappa shape index (κ2) is 10.9. The van der Waals surface area contributed by atoms with Gasteiger partial charge in [0, 0.05) is 46.0 Å². The first-order valence-corrected chi connectivity index (χ1v) is 9.93. The SMILES string of the molecule is CCCC(=O)Nc1cccc(CNC(=NC)NCC2(CCOC)CCC2)c1. The number of ether oxygens (including phenoxy) is 1. The zero-order valence-electron chi connectivity index (χ0n) is 16.9. The molecule has 0 aliphatic heterocycles. The Bertz CT molecular complexity index is 626. The highest BCUT2D eigenvalue weighted by molar-refractivity contribution is 5.90. The van der Waals surface area contributed by atoms with Gasteiger partial charge in [0.2, 0.25) is 5.91 Å². The highest BCUT2D eigenvalue weighted by Gasteiger charge is 2.36. The maximum atomic E-state index is 11.8. The van der Waals surface area contributed by atoms with Gasteiger partial charge >= 0.3 is 0 Å². The zero-order chi connectivity index (χ0) is 19.5. The number of benzene rings is 1. The monoisotopic (exact) mass is 374 g/mol. The molecule has 0 heterocycles. The number of nitrogens with zero attached hydrogens (tertiary/aromatic N) is 1. The Morgan fingerprint density at radius 2 is 2.11 bits per heavy atom. The fourth-order valence-electron chi connectivity index (χ4n) is 3.40. The van der Waals surface area contributed by atoms with Crippen molar-refractivity contribution in [2.75, 3.05) is 32.6 Å². The molecule has 2 rings (SSSR count). The van der Waals surface area contributed by atoms with E-state index in [4.69, 9.17) is 4.74 Å². The van der Waals surface area contributed by atoms with Crippen LogP contribution < -0.4 is 16.0 Å². The van der Waals surface area contributed by atoms with Gasteiger partial charge in [-0.15, -0.1) is 0 Å². The van der Waals surface area contributed by atoms with Crippen molar-refractivity contribution in [3.05, 3.63) is 29.8 Å². The van der Waals surface area contributed by atoms with Crippen molar-refractivity contribution >= 4 is 17.6 Å². The van der Waals surface area contributed by atoms with E-state index in [1.54, 1.807) is 14.2 Å². The molecule has 1 aliphatic rings. The maximum absolute atomic E-state index is 11.8. The van der Waals surface area contributed by atoms with Crippen LogP contribution in [-0.2, 0) is 16.1 Å². The molecule has 1 aliphatic carbocycles. The third kappa shape index (κ3) is 6.86. The number of aliphatic imine (C=N–C) groups is 1. The van der Waals surface area contributed by atoms with Crippen LogP contribution >= 0.6 is 0 Å². The Morgan fingerprint density at radius 1 is 1.30 bits per heavy atom. The van der Waals surface area contributed by atoms with Crippen LogP contribution in [0, 0.1) is 5.41 Å². The van der Waals surface area contributed by atoms with Gasteiger partial charge in [0.25, 0.3) is 0 Å². The number of hydrogen-bond donors (Lipinski definition) is 3. The van der Waals surface area contributed by atoms with Crippen molar-refractivity contribution in [3.63, 3.8) is 0 Å². The molecule has 27 heavy (non-hydrogen) atoms. The Hall–Kier alpha value is -2.08. The molecule has 1 fully saturated rings. The van der Waals surface area contributed by atoms with Gasteiger partial charge < -0.3 is 20.7 Å².